The van der Waals surface area contributed by atoms with Crippen LogP contribution in [0.15, 0.2) is 53.4 Å². The number of unbranched alkanes of at least 4 members (excludes halogenated alkanes) is 1. The minimum absolute atomic E-state index is 0.0267. The molecule has 1 aliphatic rings. The summed E-state index contributed by atoms with van der Waals surface area (Å²) in [5.74, 6) is -0.138. The van der Waals surface area contributed by atoms with Crippen molar-refractivity contribution in [1.29, 1.82) is 0 Å². The van der Waals surface area contributed by atoms with Gasteiger partial charge in [-0.1, -0.05) is 38.8 Å². The Kier molecular flexibility index (Phi) is 7.70. The Bertz CT molecular complexity index is 987. The van der Waals surface area contributed by atoms with Gasteiger partial charge in [0.15, 0.2) is 0 Å². The molecule has 1 saturated carbocycles. The van der Waals surface area contributed by atoms with E-state index in [0.717, 1.165) is 56.2 Å². The van der Waals surface area contributed by atoms with Gasteiger partial charge >= 0.3 is 10.1 Å². The summed E-state index contributed by atoms with van der Waals surface area (Å²) < 4.78 is 43.3. The summed E-state index contributed by atoms with van der Waals surface area (Å²) >= 11 is 0. The van der Waals surface area contributed by atoms with Gasteiger partial charge in [-0.15, -0.1) is 0 Å². The van der Waals surface area contributed by atoms with Gasteiger partial charge in [0.2, 0.25) is 5.91 Å². The zero-order chi connectivity index (χ0) is 22.4. The number of rotatable bonds is 11. The molecule has 0 radical (unpaired) electrons. The van der Waals surface area contributed by atoms with Gasteiger partial charge in [-0.25, -0.2) is 4.39 Å². The maximum atomic E-state index is 13.2. The number of amides is 1. The first kappa shape index (κ1) is 23.3. The molecule has 0 aliphatic heterocycles. The Hall–Kier alpha value is -2.41. The molecular weight excluding hydrogens is 417 g/mol. The molecule has 0 unspecified atom stereocenters. The lowest BCUT2D eigenvalue weighted by Crippen LogP contribution is -2.37. The van der Waals surface area contributed by atoms with Crippen LogP contribution in [0.1, 0.15) is 57.9 Å². The second kappa shape index (κ2) is 10.3. The molecule has 168 valence electrons. The Morgan fingerprint density at radius 1 is 1.16 bits per heavy atom. The van der Waals surface area contributed by atoms with E-state index in [1.807, 2.05) is 11.0 Å². The van der Waals surface area contributed by atoms with E-state index in [-0.39, 0.29) is 28.5 Å². The maximum absolute atomic E-state index is 13.2. The number of hydrogen-bond acceptors (Lipinski definition) is 4. The van der Waals surface area contributed by atoms with Crippen LogP contribution in [-0.4, -0.2) is 25.3 Å². The second-order valence-corrected chi connectivity index (χ2v) is 9.63. The smallest absolute Gasteiger partial charge is 0.339 e. The molecule has 0 spiro atoms. The minimum atomic E-state index is -4.07. The molecule has 1 fully saturated rings. The van der Waals surface area contributed by atoms with Crippen LogP contribution in [0.4, 0.5) is 4.39 Å². The number of nitrogens with zero attached hydrogens (tertiary/aromatic N) is 1. The lowest BCUT2D eigenvalue weighted by atomic mass is 9.97. The van der Waals surface area contributed by atoms with Crippen LogP contribution in [0.2, 0.25) is 0 Å². The summed E-state index contributed by atoms with van der Waals surface area (Å²) in [6.07, 6.45) is 5.83. The fourth-order valence-corrected chi connectivity index (χ4v) is 4.55. The van der Waals surface area contributed by atoms with Crippen molar-refractivity contribution >= 4 is 16.0 Å². The average Bonchev–Trinajstić information content (AvgIpc) is 3.58. The van der Waals surface area contributed by atoms with Gasteiger partial charge in [0.1, 0.15) is 16.5 Å². The average molecular weight is 448 g/mol. The van der Waals surface area contributed by atoms with E-state index in [1.54, 1.807) is 18.2 Å². The highest BCUT2D eigenvalue weighted by molar-refractivity contribution is 7.87. The molecule has 7 heteroatoms. The van der Waals surface area contributed by atoms with Crippen molar-refractivity contribution < 1.29 is 21.8 Å². The van der Waals surface area contributed by atoms with E-state index in [1.165, 1.54) is 12.1 Å². The van der Waals surface area contributed by atoms with E-state index in [2.05, 4.69) is 13.8 Å². The molecule has 0 aromatic heterocycles. The van der Waals surface area contributed by atoms with Crippen molar-refractivity contribution in [2.75, 3.05) is 0 Å². The fourth-order valence-electron chi connectivity index (χ4n) is 3.63. The summed E-state index contributed by atoms with van der Waals surface area (Å²) in [6.45, 7) is 4.61. The number of carbonyl (C=O) groups is 1. The molecule has 1 amide bonds. The quantitative estimate of drug-likeness (QED) is 0.439. The van der Waals surface area contributed by atoms with Gasteiger partial charge in [-0.05, 0) is 67.6 Å². The van der Waals surface area contributed by atoms with Crippen molar-refractivity contribution in [1.82, 2.24) is 4.90 Å². The van der Waals surface area contributed by atoms with Gasteiger partial charge in [0.05, 0.1) is 0 Å². The van der Waals surface area contributed by atoms with Gasteiger partial charge < -0.3 is 9.08 Å². The minimum Gasteiger partial charge on any atom is -0.379 e. The first-order valence-electron chi connectivity index (χ1n) is 10.9. The van der Waals surface area contributed by atoms with Crippen LogP contribution in [0, 0.1) is 11.7 Å². The van der Waals surface area contributed by atoms with E-state index in [9.17, 15) is 17.6 Å². The molecule has 2 aromatic carbocycles. The molecular formula is C24H30FNO4S. The predicted molar refractivity (Wildman–Crippen MR) is 118 cm³/mol. The Labute approximate surface area is 184 Å². The third kappa shape index (κ3) is 6.29. The highest BCUT2D eigenvalue weighted by Crippen LogP contribution is 2.32. The predicted octanol–water partition coefficient (Wildman–Crippen LogP) is 5.30. The van der Waals surface area contributed by atoms with Crippen LogP contribution < -0.4 is 4.18 Å². The second-order valence-electron chi connectivity index (χ2n) is 8.08. The molecule has 3 rings (SSSR count). The molecule has 1 aliphatic carbocycles. The molecule has 1 atom stereocenters. The van der Waals surface area contributed by atoms with Crippen molar-refractivity contribution in [2.24, 2.45) is 5.92 Å². The number of halogens is 1. The van der Waals surface area contributed by atoms with Crippen LogP contribution in [0.25, 0.3) is 0 Å². The Balaban J connectivity index is 1.74. The molecule has 0 heterocycles. The van der Waals surface area contributed by atoms with Crippen LogP contribution >= 0.6 is 0 Å². The largest absolute Gasteiger partial charge is 0.379 e. The molecule has 0 bridgehead atoms. The lowest BCUT2D eigenvalue weighted by molar-refractivity contribution is -0.137. The summed E-state index contributed by atoms with van der Waals surface area (Å²) in [6, 6.07) is 11.5. The van der Waals surface area contributed by atoms with Crippen molar-refractivity contribution in [2.45, 2.75) is 69.9 Å². The third-order valence-corrected chi connectivity index (χ3v) is 6.84. The zero-order valence-electron chi connectivity index (χ0n) is 18.1. The van der Waals surface area contributed by atoms with Crippen LogP contribution in [0.3, 0.4) is 0 Å². The standard InChI is InChI=1S/C24H30FNO4S/c1-3-5-8-19(4-2)24(27)26(21-12-13-21)17-18-7-6-9-22(16-18)30-31(28,29)23-14-10-20(25)11-15-23/h6-7,9-11,14-16,19,21H,3-5,8,12-13,17H2,1-2H3/t19-/m1/s1. The van der Waals surface area contributed by atoms with Crippen LogP contribution in [0.5, 0.6) is 5.75 Å². The van der Waals surface area contributed by atoms with E-state index >= 15 is 0 Å². The number of benzene rings is 2. The Morgan fingerprint density at radius 3 is 2.48 bits per heavy atom. The van der Waals surface area contributed by atoms with E-state index < -0.39 is 15.9 Å². The SMILES string of the molecule is CCCC[C@@H](CC)C(=O)N(Cc1cccc(OS(=O)(=O)c2ccc(F)cc2)c1)C1CC1. The third-order valence-electron chi connectivity index (χ3n) is 5.58. The van der Waals surface area contributed by atoms with Gasteiger partial charge in [-0.2, -0.15) is 8.42 Å². The van der Waals surface area contributed by atoms with Crippen molar-refractivity contribution in [3.8, 4) is 5.75 Å². The summed E-state index contributed by atoms with van der Waals surface area (Å²) in [5.41, 5.74) is 0.817. The van der Waals surface area contributed by atoms with Gasteiger partial charge in [-0.3, -0.25) is 4.79 Å². The fraction of sp³-hybridized carbons (Fsp3) is 0.458. The van der Waals surface area contributed by atoms with Crippen molar-refractivity contribution in [3.05, 3.63) is 59.9 Å². The molecule has 0 N–H and O–H groups in total. The maximum Gasteiger partial charge on any atom is 0.339 e. The molecule has 31 heavy (non-hydrogen) atoms. The summed E-state index contributed by atoms with van der Waals surface area (Å²) in [4.78, 5) is 15.0. The number of carbonyl (C=O) groups excluding carboxylic acids is 1. The van der Waals surface area contributed by atoms with Crippen LogP contribution in [-0.2, 0) is 21.5 Å². The lowest BCUT2D eigenvalue weighted by Gasteiger charge is -2.27. The highest BCUT2D eigenvalue weighted by atomic mass is 32.2. The monoisotopic (exact) mass is 447 g/mol. The first-order valence-corrected chi connectivity index (χ1v) is 12.3. The Morgan fingerprint density at radius 2 is 1.87 bits per heavy atom. The van der Waals surface area contributed by atoms with Gasteiger partial charge in [0.25, 0.3) is 0 Å². The summed E-state index contributed by atoms with van der Waals surface area (Å²) in [7, 11) is -4.07. The molecule has 5 nitrogen and oxygen atoms in total. The van der Waals surface area contributed by atoms with Crippen molar-refractivity contribution in [3.63, 3.8) is 0 Å². The molecule has 0 saturated heterocycles. The van der Waals surface area contributed by atoms with E-state index in [4.69, 9.17) is 4.18 Å². The zero-order valence-corrected chi connectivity index (χ0v) is 18.9. The normalized spacial score (nSPS) is 14.8. The highest BCUT2D eigenvalue weighted by Gasteiger charge is 2.35. The van der Waals surface area contributed by atoms with E-state index in [0.29, 0.717) is 6.54 Å². The first-order chi connectivity index (χ1) is 14.8. The summed E-state index contributed by atoms with van der Waals surface area (Å²) in [5, 5.41) is 0. The molecule has 2 aromatic rings. The van der Waals surface area contributed by atoms with Gasteiger partial charge in [0, 0.05) is 18.5 Å². The number of hydrogen-bond donors (Lipinski definition) is 0. The topological polar surface area (TPSA) is 63.7 Å².